The van der Waals surface area contributed by atoms with E-state index in [-0.39, 0.29) is 5.54 Å². The van der Waals surface area contributed by atoms with Gasteiger partial charge in [-0.25, -0.2) is 0 Å². The molecule has 1 atom stereocenters. The van der Waals surface area contributed by atoms with E-state index in [2.05, 4.69) is 25.2 Å². The molecule has 0 amide bonds. The number of rotatable bonds is 6. The molecular weight excluding hydrogens is 180 g/mol. The fourth-order valence-corrected chi connectivity index (χ4v) is 2.07. The maximum absolute atomic E-state index is 8.96. The summed E-state index contributed by atoms with van der Waals surface area (Å²) in [6, 6.07) is 2.33. The summed E-state index contributed by atoms with van der Waals surface area (Å²) in [4.78, 5) is 0. The van der Waals surface area contributed by atoms with Crippen molar-refractivity contribution in [3.8, 4) is 6.07 Å². The molecule has 0 heterocycles. The van der Waals surface area contributed by atoms with Crippen molar-refractivity contribution in [1.82, 2.24) is 5.32 Å². The highest BCUT2D eigenvalue weighted by Gasteiger charge is 2.21. The Balaban J connectivity index is 3.78. The lowest BCUT2D eigenvalue weighted by Crippen LogP contribution is -2.41. The van der Waals surface area contributed by atoms with Gasteiger partial charge in [-0.2, -0.15) is 17.0 Å². The van der Waals surface area contributed by atoms with Crippen molar-refractivity contribution in [2.24, 2.45) is 0 Å². The van der Waals surface area contributed by atoms with E-state index < -0.39 is 0 Å². The first kappa shape index (κ1) is 12.8. The van der Waals surface area contributed by atoms with E-state index >= 15 is 0 Å². The molecule has 2 nitrogen and oxygen atoms in total. The lowest BCUT2D eigenvalue weighted by molar-refractivity contribution is 0.450. The Morgan fingerprint density at radius 1 is 1.54 bits per heavy atom. The first-order valence-electron chi connectivity index (χ1n) is 4.82. The molecule has 0 saturated carbocycles. The highest BCUT2D eigenvalue weighted by Crippen LogP contribution is 2.16. The van der Waals surface area contributed by atoms with Gasteiger partial charge in [-0.3, -0.25) is 5.32 Å². The number of nitriles is 1. The van der Waals surface area contributed by atoms with E-state index in [1.807, 2.05) is 25.6 Å². The van der Waals surface area contributed by atoms with Crippen LogP contribution >= 0.6 is 11.8 Å². The largest absolute Gasteiger partial charge is 0.300 e. The summed E-state index contributed by atoms with van der Waals surface area (Å²) < 4.78 is 0. The van der Waals surface area contributed by atoms with Crippen LogP contribution < -0.4 is 5.32 Å². The molecule has 76 valence electrons. The average molecular weight is 200 g/mol. The van der Waals surface area contributed by atoms with E-state index in [9.17, 15) is 0 Å². The monoisotopic (exact) mass is 200 g/mol. The van der Waals surface area contributed by atoms with Crippen LogP contribution in [0, 0.1) is 11.3 Å². The van der Waals surface area contributed by atoms with Crippen molar-refractivity contribution in [2.75, 3.05) is 12.3 Å². The highest BCUT2D eigenvalue weighted by molar-refractivity contribution is 7.99. The minimum atomic E-state index is -0.337. The van der Waals surface area contributed by atoms with Gasteiger partial charge in [-0.05, 0) is 30.9 Å². The third kappa shape index (κ3) is 5.95. The highest BCUT2D eigenvalue weighted by atomic mass is 32.2. The minimum Gasteiger partial charge on any atom is -0.300 e. The zero-order valence-corrected chi connectivity index (χ0v) is 9.87. The van der Waals surface area contributed by atoms with Crippen molar-refractivity contribution in [3.63, 3.8) is 0 Å². The summed E-state index contributed by atoms with van der Waals surface area (Å²) in [5.41, 5.74) is -0.337. The molecular formula is C10H20N2S. The topological polar surface area (TPSA) is 35.8 Å². The first-order valence-corrected chi connectivity index (χ1v) is 5.87. The molecule has 13 heavy (non-hydrogen) atoms. The van der Waals surface area contributed by atoms with Crippen LogP contribution in [0.4, 0.5) is 0 Å². The molecule has 0 bridgehead atoms. The van der Waals surface area contributed by atoms with Crippen molar-refractivity contribution in [3.05, 3.63) is 0 Å². The Hall–Kier alpha value is -0.200. The summed E-state index contributed by atoms with van der Waals surface area (Å²) in [6.07, 6.45) is 0.917. The standard InChI is InChI=1S/C10H20N2S/c1-5-12-10(4,8-11)6-7-13-9(2)3/h9,12H,5-7H2,1-4H3. The SMILES string of the molecule is CCNC(C)(C#N)CCSC(C)C. The second-order valence-corrected chi connectivity index (χ2v) is 5.33. The third-order valence-electron chi connectivity index (χ3n) is 1.87. The lowest BCUT2D eigenvalue weighted by Gasteiger charge is -2.22. The molecule has 0 aromatic rings. The smallest absolute Gasteiger partial charge is 0.104 e. The van der Waals surface area contributed by atoms with Crippen molar-refractivity contribution in [1.29, 1.82) is 5.26 Å². The summed E-state index contributed by atoms with van der Waals surface area (Å²) in [7, 11) is 0. The third-order valence-corrected chi connectivity index (χ3v) is 2.97. The van der Waals surface area contributed by atoms with Crippen LogP contribution in [-0.4, -0.2) is 23.1 Å². The Morgan fingerprint density at radius 3 is 2.54 bits per heavy atom. The van der Waals surface area contributed by atoms with Gasteiger partial charge in [0.2, 0.25) is 0 Å². The van der Waals surface area contributed by atoms with Gasteiger partial charge in [0.15, 0.2) is 0 Å². The fraction of sp³-hybridized carbons (Fsp3) is 0.900. The predicted molar refractivity (Wildman–Crippen MR) is 59.9 cm³/mol. The summed E-state index contributed by atoms with van der Waals surface area (Å²) in [5.74, 6) is 1.05. The summed E-state index contributed by atoms with van der Waals surface area (Å²) in [6.45, 7) is 9.22. The van der Waals surface area contributed by atoms with Gasteiger partial charge in [0, 0.05) is 0 Å². The fourth-order valence-electron chi connectivity index (χ4n) is 1.07. The number of thioether (sulfide) groups is 1. The molecule has 1 N–H and O–H groups in total. The van der Waals surface area contributed by atoms with Crippen LogP contribution in [0.5, 0.6) is 0 Å². The van der Waals surface area contributed by atoms with E-state index in [0.717, 1.165) is 18.7 Å². The zero-order valence-electron chi connectivity index (χ0n) is 9.05. The normalized spacial score (nSPS) is 15.4. The second-order valence-electron chi connectivity index (χ2n) is 3.64. The Bertz CT molecular complexity index is 174. The average Bonchev–Trinajstić information content (AvgIpc) is 2.04. The van der Waals surface area contributed by atoms with E-state index in [1.54, 1.807) is 0 Å². The first-order chi connectivity index (χ1) is 6.04. The number of hydrogen-bond acceptors (Lipinski definition) is 3. The van der Waals surface area contributed by atoms with Gasteiger partial charge >= 0.3 is 0 Å². The molecule has 0 radical (unpaired) electrons. The molecule has 0 aliphatic rings. The van der Waals surface area contributed by atoms with Crippen LogP contribution in [-0.2, 0) is 0 Å². The molecule has 0 aromatic carbocycles. The lowest BCUT2D eigenvalue weighted by atomic mass is 10.0. The molecule has 1 unspecified atom stereocenters. The molecule has 0 aliphatic heterocycles. The number of nitrogens with zero attached hydrogens (tertiary/aromatic N) is 1. The zero-order chi connectivity index (χ0) is 10.3. The van der Waals surface area contributed by atoms with Gasteiger partial charge < -0.3 is 0 Å². The molecule has 0 saturated heterocycles. The van der Waals surface area contributed by atoms with Crippen LogP contribution in [0.25, 0.3) is 0 Å². The maximum Gasteiger partial charge on any atom is 0.104 e. The number of hydrogen-bond donors (Lipinski definition) is 1. The molecule has 0 fully saturated rings. The maximum atomic E-state index is 8.96. The summed E-state index contributed by atoms with van der Waals surface area (Å²) >= 11 is 1.91. The van der Waals surface area contributed by atoms with Crippen molar-refractivity contribution >= 4 is 11.8 Å². The van der Waals surface area contributed by atoms with Gasteiger partial charge in [0.05, 0.1) is 6.07 Å². The quantitative estimate of drug-likeness (QED) is 0.715. The van der Waals surface area contributed by atoms with Crippen LogP contribution in [0.3, 0.4) is 0 Å². The van der Waals surface area contributed by atoms with Crippen LogP contribution in [0.2, 0.25) is 0 Å². The van der Waals surface area contributed by atoms with Crippen molar-refractivity contribution < 1.29 is 0 Å². The predicted octanol–water partition coefficient (Wildman–Crippen LogP) is 2.41. The Labute approximate surface area is 86.1 Å². The molecule has 0 aromatic heterocycles. The van der Waals surface area contributed by atoms with Gasteiger partial charge in [-0.1, -0.05) is 20.8 Å². The molecule has 0 aliphatic carbocycles. The van der Waals surface area contributed by atoms with Crippen LogP contribution in [0.15, 0.2) is 0 Å². The van der Waals surface area contributed by atoms with Gasteiger partial charge in [0.1, 0.15) is 5.54 Å². The van der Waals surface area contributed by atoms with Gasteiger partial charge in [0.25, 0.3) is 0 Å². The van der Waals surface area contributed by atoms with E-state index in [0.29, 0.717) is 5.25 Å². The molecule has 3 heteroatoms. The number of nitrogens with one attached hydrogen (secondary N) is 1. The molecule has 0 rings (SSSR count). The van der Waals surface area contributed by atoms with Gasteiger partial charge in [-0.15, -0.1) is 0 Å². The Morgan fingerprint density at radius 2 is 2.15 bits per heavy atom. The second kappa shape index (κ2) is 6.28. The minimum absolute atomic E-state index is 0.337. The summed E-state index contributed by atoms with van der Waals surface area (Å²) in [5, 5.41) is 12.8. The van der Waals surface area contributed by atoms with E-state index in [4.69, 9.17) is 5.26 Å². The van der Waals surface area contributed by atoms with Crippen LogP contribution in [0.1, 0.15) is 34.1 Å². The van der Waals surface area contributed by atoms with Crippen molar-refractivity contribution in [2.45, 2.75) is 44.9 Å². The molecule has 0 spiro atoms. The van der Waals surface area contributed by atoms with E-state index in [1.165, 1.54) is 0 Å². The Kier molecular flexibility index (Phi) is 6.19.